The monoisotopic (exact) mass is 421 g/mol. The zero-order valence-electron chi connectivity index (χ0n) is 18.3. The number of likely N-dealkylation sites (tertiary alicyclic amines) is 1. The molecule has 31 heavy (non-hydrogen) atoms. The maximum Gasteiger partial charge on any atom is 0.231 e. The van der Waals surface area contributed by atoms with Crippen LogP contribution < -0.4 is 20.3 Å². The molecular weight excluding hydrogens is 390 g/mol. The van der Waals surface area contributed by atoms with Crippen LogP contribution in [0.25, 0.3) is 0 Å². The standard InChI is InChI=1S/C25H31N3O3/c1-16-5-6-17(2)21(10-16)24-20(12-26-27-24)14-28-9-3-4-19(13-28)25(29)18-7-8-22-23(11-18)31-15-30-22/h5-8,10-11,19-20,24,26-27H,3-4,9,12-15H2,1-2H3. The Hall–Kier alpha value is -2.41. The number of hydrazine groups is 1. The molecule has 3 atom stereocenters. The third-order valence-corrected chi connectivity index (χ3v) is 6.89. The summed E-state index contributed by atoms with van der Waals surface area (Å²) in [6, 6.07) is 12.5. The highest BCUT2D eigenvalue weighted by molar-refractivity contribution is 5.98. The second kappa shape index (κ2) is 8.61. The molecule has 3 heterocycles. The van der Waals surface area contributed by atoms with Crippen molar-refractivity contribution in [3.05, 3.63) is 58.7 Å². The lowest BCUT2D eigenvalue weighted by molar-refractivity contribution is 0.0798. The van der Waals surface area contributed by atoms with Crippen LogP contribution in [0.1, 0.15) is 45.9 Å². The number of carbonyl (C=O) groups is 1. The third kappa shape index (κ3) is 4.20. The first-order valence-electron chi connectivity index (χ1n) is 11.3. The van der Waals surface area contributed by atoms with Crippen LogP contribution in [0.3, 0.4) is 0 Å². The predicted molar refractivity (Wildman–Crippen MR) is 119 cm³/mol. The summed E-state index contributed by atoms with van der Waals surface area (Å²) in [5.74, 6) is 2.13. The Morgan fingerprint density at radius 1 is 1.13 bits per heavy atom. The summed E-state index contributed by atoms with van der Waals surface area (Å²) in [4.78, 5) is 15.7. The smallest absolute Gasteiger partial charge is 0.231 e. The maximum absolute atomic E-state index is 13.2. The highest BCUT2D eigenvalue weighted by atomic mass is 16.7. The Morgan fingerprint density at radius 3 is 2.90 bits per heavy atom. The number of rotatable bonds is 5. The number of benzene rings is 2. The lowest BCUT2D eigenvalue weighted by Crippen LogP contribution is -2.42. The molecule has 2 fully saturated rings. The fourth-order valence-corrected chi connectivity index (χ4v) is 5.18. The number of nitrogens with zero attached hydrogens (tertiary/aromatic N) is 1. The normalized spacial score (nSPS) is 25.7. The second-order valence-electron chi connectivity index (χ2n) is 9.15. The van der Waals surface area contributed by atoms with Gasteiger partial charge in [-0.25, -0.2) is 5.43 Å². The number of carbonyl (C=O) groups excluding carboxylic acids is 1. The van der Waals surface area contributed by atoms with Gasteiger partial charge in [0.2, 0.25) is 6.79 Å². The van der Waals surface area contributed by atoms with Gasteiger partial charge in [0, 0.05) is 37.0 Å². The Balaban J connectivity index is 1.26. The highest BCUT2D eigenvalue weighted by Crippen LogP contribution is 2.34. The van der Waals surface area contributed by atoms with Gasteiger partial charge in [0.25, 0.3) is 0 Å². The average Bonchev–Trinajstić information content (AvgIpc) is 3.44. The fourth-order valence-electron chi connectivity index (χ4n) is 5.18. The van der Waals surface area contributed by atoms with Crippen LogP contribution in [-0.4, -0.2) is 43.7 Å². The van der Waals surface area contributed by atoms with Gasteiger partial charge in [0.05, 0.1) is 6.04 Å². The minimum absolute atomic E-state index is 0.0376. The van der Waals surface area contributed by atoms with E-state index in [1.807, 2.05) is 18.2 Å². The minimum atomic E-state index is 0.0376. The van der Waals surface area contributed by atoms with Gasteiger partial charge in [-0.3, -0.25) is 10.2 Å². The molecule has 0 spiro atoms. The SMILES string of the molecule is Cc1ccc(C)c(C2NNCC2CN2CCCC(C(=O)c3ccc4c(c3)OCO4)C2)c1. The molecule has 0 radical (unpaired) electrons. The molecule has 0 aliphatic carbocycles. The number of nitrogens with one attached hydrogen (secondary N) is 2. The van der Waals surface area contributed by atoms with Crippen molar-refractivity contribution in [3.63, 3.8) is 0 Å². The number of hydrogen-bond donors (Lipinski definition) is 2. The van der Waals surface area contributed by atoms with Crippen molar-refractivity contribution < 1.29 is 14.3 Å². The summed E-state index contributed by atoms with van der Waals surface area (Å²) in [6.07, 6.45) is 2.01. The number of fused-ring (bicyclic) bond motifs is 1. The van der Waals surface area contributed by atoms with Crippen LogP contribution in [0.5, 0.6) is 11.5 Å². The largest absolute Gasteiger partial charge is 0.454 e. The molecule has 6 nitrogen and oxygen atoms in total. The molecule has 0 amide bonds. The number of ketones is 1. The Kier molecular flexibility index (Phi) is 5.69. The van der Waals surface area contributed by atoms with Gasteiger partial charge in [-0.2, -0.15) is 0 Å². The average molecular weight is 422 g/mol. The van der Waals surface area contributed by atoms with Crippen molar-refractivity contribution in [2.75, 3.05) is 33.0 Å². The lowest BCUT2D eigenvalue weighted by atomic mass is 9.87. The second-order valence-corrected chi connectivity index (χ2v) is 9.15. The summed E-state index contributed by atoms with van der Waals surface area (Å²) in [5, 5.41) is 0. The number of piperidine rings is 1. The zero-order chi connectivity index (χ0) is 21.4. The van der Waals surface area contributed by atoms with Crippen molar-refractivity contribution in [2.24, 2.45) is 11.8 Å². The van der Waals surface area contributed by atoms with Crippen molar-refractivity contribution in [1.82, 2.24) is 15.8 Å². The van der Waals surface area contributed by atoms with E-state index in [0.29, 0.717) is 17.7 Å². The summed E-state index contributed by atoms with van der Waals surface area (Å²) in [7, 11) is 0. The molecule has 2 saturated heterocycles. The van der Waals surface area contributed by atoms with Crippen LogP contribution in [-0.2, 0) is 0 Å². The predicted octanol–water partition coefficient (Wildman–Crippen LogP) is 3.39. The molecule has 164 valence electrons. The van der Waals surface area contributed by atoms with Crippen LogP contribution in [0.2, 0.25) is 0 Å². The molecule has 5 rings (SSSR count). The molecule has 6 heteroatoms. The van der Waals surface area contributed by atoms with Crippen LogP contribution in [0.4, 0.5) is 0 Å². The molecule has 0 aromatic heterocycles. The molecule has 3 unspecified atom stereocenters. The summed E-state index contributed by atoms with van der Waals surface area (Å²) in [5.41, 5.74) is 11.6. The number of ether oxygens (including phenoxy) is 2. The molecule has 2 N–H and O–H groups in total. The van der Waals surface area contributed by atoms with Crippen LogP contribution >= 0.6 is 0 Å². The quantitative estimate of drug-likeness (QED) is 0.722. The van der Waals surface area contributed by atoms with Crippen molar-refractivity contribution in [1.29, 1.82) is 0 Å². The first-order chi connectivity index (χ1) is 15.1. The third-order valence-electron chi connectivity index (χ3n) is 6.89. The molecule has 3 aliphatic rings. The van der Waals surface area contributed by atoms with Crippen molar-refractivity contribution in [3.8, 4) is 11.5 Å². The molecule has 2 aromatic carbocycles. The van der Waals surface area contributed by atoms with E-state index in [9.17, 15) is 4.79 Å². The number of Topliss-reactive ketones (excluding diaryl/α,β-unsaturated/α-hetero) is 1. The topological polar surface area (TPSA) is 62.8 Å². The molecule has 0 bridgehead atoms. The Labute approximate surface area is 183 Å². The Bertz CT molecular complexity index is 976. The van der Waals surface area contributed by atoms with Gasteiger partial charge in [0.15, 0.2) is 17.3 Å². The fraction of sp³-hybridized carbons (Fsp3) is 0.480. The summed E-state index contributed by atoms with van der Waals surface area (Å²) in [6.45, 7) is 8.38. The van der Waals surface area contributed by atoms with Crippen LogP contribution in [0.15, 0.2) is 36.4 Å². The lowest BCUT2D eigenvalue weighted by Gasteiger charge is -2.35. The van der Waals surface area contributed by atoms with Gasteiger partial charge in [0.1, 0.15) is 0 Å². The summed E-state index contributed by atoms with van der Waals surface area (Å²) < 4.78 is 10.8. The molecule has 0 saturated carbocycles. The van der Waals surface area contributed by atoms with E-state index in [0.717, 1.165) is 50.3 Å². The minimum Gasteiger partial charge on any atom is -0.454 e. The van der Waals surface area contributed by atoms with E-state index in [1.54, 1.807) is 0 Å². The molecule has 2 aromatic rings. The van der Waals surface area contributed by atoms with E-state index < -0.39 is 0 Å². The van der Waals surface area contributed by atoms with Gasteiger partial charge >= 0.3 is 0 Å². The van der Waals surface area contributed by atoms with E-state index >= 15 is 0 Å². The van der Waals surface area contributed by atoms with E-state index in [-0.39, 0.29) is 18.5 Å². The van der Waals surface area contributed by atoms with Crippen molar-refractivity contribution in [2.45, 2.75) is 32.7 Å². The van der Waals surface area contributed by atoms with E-state index in [2.05, 4.69) is 47.8 Å². The highest BCUT2D eigenvalue weighted by Gasteiger charge is 2.34. The van der Waals surface area contributed by atoms with E-state index in [4.69, 9.17) is 9.47 Å². The number of aryl methyl sites for hydroxylation is 2. The van der Waals surface area contributed by atoms with Crippen molar-refractivity contribution >= 4 is 5.78 Å². The van der Waals surface area contributed by atoms with Gasteiger partial charge < -0.3 is 14.4 Å². The Morgan fingerprint density at radius 2 is 2.00 bits per heavy atom. The van der Waals surface area contributed by atoms with Gasteiger partial charge in [-0.1, -0.05) is 23.8 Å². The number of hydrogen-bond acceptors (Lipinski definition) is 6. The molecular formula is C25H31N3O3. The summed E-state index contributed by atoms with van der Waals surface area (Å²) >= 11 is 0. The maximum atomic E-state index is 13.2. The van der Waals surface area contributed by atoms with Gasteiger partial charge in [-0.05, 0) is 62.6 Å². The first-order valence-corrected chi connectivity index (χ1v) is 11.3. The zero-order valence-corrected chi connectivity index (χ0v) is 18.3. The van der Waals surface area contributed by atoms with E-state index in [1.165, 1.54) is 16.7 Å². The van der Waals surface area contributed by atoms with Gasteiger partial charge in [-0.15, -0.1) is 0 Å². The molecule has 3 aliphatic heterocycles. The first kappa shape index (κ1) is 20.5. The van der Waals surface area contributed by atoms with Crippen LogP contribution in [0, 0.1) is 25.7 Å².